The molecule has 1 amide bonds. The lowest BCUT2D eigenvalue weighted by atomic mass is 9.72. The van der Waals surface area contributed by atoms with Crippen molar-refractivity contribution >= 4 is 29.2 Å². The molecule has 17 heteroatoms. The van der Waals surface area contributed by atoms with Crippen LogP contribution in [0.5, 0.6) is 11.5 Å². The Bertz CT molecular complexity index is 2390. The first kappa shape index (κ1) is 53.1. The summed E-state index contributed by atoms with van der Waals surface area (Å²) in [5.41, 5.74) is -2.33. The normalized spacial score (nSPS) is 33.6. The second kappa shape index (κ2) is 21.0. The first-order valence-electron chi connectivity index (χ1n) is 23.8. The van der Waals surface area contributed by atoms with E-state index in [2.05, 4.69) is 6.92 Å². The molecular weight excluding hydrogens is 900 g/mol. The summed E-state index contributed by atoms with van der Waals surface area (Å²) in [7, 11) is 5.23. The zero-order valence-electron chi connectivity index (χ0n) is 41.9. The number of nitro groups is 1. The van der Waals surface area contributed by atoms with Gasteiger partial charge < -0.3 is 33.3 Å². The molecule has 0 spiro atoms. The number of carbonyl (C=O) groups is 3. The van der Waals surface area contributed by atoms with Crippen LogP contribution in [0.25, 0.3) is 0 Å². The van der Waals surface area contributed by atoms with Crippen LogP contribution in [-0.2, 0) is 28.5 Å². The summed E-state index contributed by atoms with van der Waals surface area (Å²) in [5.74, 6) is -6.26. The number of anilines is 1. The molecule has 6 rings (SSSR count). The number of cyclic esters (lactones) is 1. The van der Waals surface area contributed by atoms with E-state index in [1.54, 1.807) is 48.5 Å². The van der Waals surface area contributed by atoms with Crippen molar-refractivity contribution in [1.29, 1.82) is 0 Å². The number of rotatable bonds is 11. The SMILES string of the molecule is CC[C@H]1OC(=O)[C@H](C)[C@@H](Oc2ccc(F)cc2C)[C@H](C)[C@@H](O[C@@H]2C[C@H](C)C[C@H](N(C)C)[C@H]2Oc2ccc(F)cc2[N+](=O)[O-])[C@@](C)(OC)C[C@@H](C)C(=O)[C@H](C)[C@H]2N(c3ccc(F)cc3C)C(=O)O[C@]12C. The van der Waals surface area contributed by atoms with Gasteiger partial charge in [-0.05, 0) is 140 Å². The minimum absolute atomic E-state index is 0.0431. The third-order valence-electron chi connectivity index (χ3n) is 14.9. The van der Waals surface area contributed by atoms with Gasteiger partial charge in [0.25, 0.3) is 0 Å². The van der Waals surface area contributed by atoms with Gasteiger partial charge >= 0.3 is 17.7 Å². The highest BCUT2D eigenvalue weighted by molar-refractivity contribution is 5.95. The van der Waals surface area contributed by atoms with Crippen molar-refractivity contribution in [1.82, 2.24) is 4.90 Å². The lowest BCUT2D eigenvalue weighted by Crippen LogP contribution is -2.61. The third kappa shape index (κ3) is 10.7. The molecule has 1 aliphatic carbocycles. The molecular formula is C52H68F3N3O11. The van der Waals surface area contributed by atoms with Gasteiger partial charge in [-0.2, -0.15) is 0 Å². The van der Waals surface area contributed by atoms with Gasteiger partial charge in [0, 0.05) is 30.9 Å². The number of nitro benzene ring substituents is 1. The number of amides is 1. The molecule has 3 aromatic carbocycles. The Kier molecular flexibility index (Phi) is 16.2. The van der Waals surface area contributed by atoms with Crippen LogP contribution in [0.3, 0.4) is 0 Å². The average molecular weight is 968 g/mol. The Balaban J connectivity index is 1.54. The van der Waals surface area contributed by atoms with Gasteiger partial charge in [-0.1, -0.05) is 34.6 Å². The van der Waals surface area contributed by atoms with Gasteiger partial charge in [-0.15, -0.1) is 0 Å². The third-order valence-corrected chi connectivity index (χ3v) is 14.9. The molecule has 0 bridgehead atoms. The summed E-state index contributed by atoms with van der Waals surface area (Å²) in [6.07, 6.45) is -4.47. The number of Topliss-reactive ketones (excluding diaryl/α,β-unsaturated/α-hetero) is 1. The number of aryl methyl sites for hydroxylation is 2. The molecule has 3 fully saturated rings. The Morgan fingerprint density at radius 2 is 1.43 bits per heavy atom. The molecule has 3 aliphatic rings. The number of fused-ring (bicyclic) bond motifs is 1. The zero-order chi connectivity index (χ0) is 51.0. The first-order chi connectivity index (χ1) is 32.3. The summed E-state index contributed by atoms with van der Waals surface area (Å²) in [6, 6.07) is 9.72. The quantitative estimate of drug-likeness (QED) is 0.102. The lowest BCUT2D eigenvalue weighted by Gasteiger charge is -2.49. The molecule has 14 atom stereocenters. The zero-order valence-corrected chi connectivity index (χ0v) is 41.9. The molecule has 3 aromatic rings. The number of likely N-dealkylation sites (N-methyl/N-ethyl adjacent to an activating group) is 1. The molecule has 69 heavy (non-hydrogen) atoms. The fourth-order valence-corrected chi connectivity index (χ4v) is 11.2. The molecule has 2 heterocycles. The van der Waals surface area contributed by atoms with Gasteiger partial charge in [-0.25, -0.2) is 18.0 Å². The molecule has 2 saturated heterocycles. The van der Waals surface area contributed by atoms with Gasteiger partial charge in [0.1, 0.15) is 47.3 Å². The van der Waals surface area contributed by atoms with E-state index in [9.17, 15) is 32.9 Å². The molecule has 0 N–H and O–H groups in total. The van der Waals surface area contributed by atoms with E-state index in [0.29, 0.717) is 29.7 Å². The van der Waals surface area contributed by atoms with Gasteiger partial charge in [0.05, 0.1) is 46.4 Å². The van der Waals surface area contributed by atoms with E-state index in [-0.39, 0.29) is 42.1 Å². The Hall–Kier alpha value is -5.26. The second-order valence-corrected chi connectivity index (χ2v) is 20.2. The summed E-state index contributed by atoms with van der Waals surface area (Å²) in [4.78, 5) is 59.2. The van der Waals surface area contributed by atoms with Crippen LogP contribution >= 0.6 is 0 Å². The molecule has 0 radical (unpaired) electrons. The minimum atomic E-state index is -1.60. The van der Waals surface area contributed by atoms with Crippen LogP contribution < -0.4 is 14.4 Å². The monoisotopic (exact) mass is 967 g/mol. The predicted octanol–water partition coefficient (Wildman–Crippen LogP) is 9.97. The Morgan fingerprint density at radius 3 is 2.01 bits per heavy atom. The maximum Gasteiger partial charge on any atom is 0.415 e. The summed E-state index contributed by atoms with van der Waals surface area (Å²) in [5, 5.41) is 12.3. The number of nitrogens with zero attached hydrogens (tertiary/aromatic N) is 3. The Morgan fingerprint density at radius 1 is 0.841 bits per heavy atom. The smallest absolute Gasteiger partial charge is 0.415 e. The van der Waals surface area contributed by atoms with E-state index in [4.69, 9.17) is 28.4 Å². The fraction of sp³-hybridized carbons (Fsp3) is 0.596. The number of hydrogen-bond acceptors (Lipinski definition) is 12. The highest BCUT2D eigenvalue weighted by atomic mass is 19.1. The molecule has 0 aromatic heterocycles. The van der Waals surface area contributed by atoms with E-state index in [1.165, 1.54) is 54.5 Å². The van der Waals surface area contributed by atoms with Crippen LogP contribution in [0.4, 0.5) is 29.3 Å². The number of carbonyl (C=O) groups excluding carboxylic acids is 3. The van der Waals surface area contributed by atoms with Gasteiger partial charge in [0.2, 0.25) is 0 Å². The summed E-state index contributed by atoms with van der Waals surface area (Å²) >= 11 is 0. The van der Waals surface area contributed by atoms with Gasteiger partial charge in [0.15, 0.2) is 11.4 Å². The van der Waals surface area contributed by atoms with Gasteiger partial charge in [-0.3, -0.25) is 24.6 Å². The highest BCUT2D eigenvalue weighted by Crippen LogP contribution is 2.47. The second-order valence-electron chi connectivity index (χ2n) is 20.2. The van der Waals surface area contributed by atoms with Crippen molar-refractivity contribution in [2.24, 2.45) is 29.6 Å². The minimum Gasteiger partial charge on any atom is -0.489 e. The molecule has 14 nitrogen and oxygen atoms in total. The largest absolute Gasteiger partial charge is 0.489 e. The van der Waals surface area contributed by atoms with Crippen molar-refractivity contribution < 1.29 is 60.9 Å². The van der Waals surface area contributed by atoms with E-state index >= 15 is 4.79 Å². The lowest BCUT2D eigenvalue weighted by molar-refractivity contribution is -0.386. The fourth-order valence-electron chi connectivity index (χ4n) is 11.2. The first-order valence-corrected chi connectivity index (χ1v) is 23.8. The topological polar surface area (TPSA) is 156 Å². The number of hydrogen-bond donors (Lipinski definition) is 0. The van der Waals surface area contributed by atoms with E-state index in [0.717, 1.165) is 12.1 Å². The molecule has 2 aliphatic heterocycles. The van der Waals surface area contributed by atoms with Crippen LogP contribution in [0, 0.1) is 71.0 Å². The van der Waals surface area contributed by atoms with Crippen LogP contribution in [0.15, 0.2) is 54.6 Å². The maximum atomic E-state index is 15.2. The van der Waals surface area contributed by atoms with Crippen molar-refractivity contribution in [3.05, 3.63) is 93.3 Å². The molecule has 0 unspecified atom stereocenters. The molecule has 378 valence electrons. The standard InChI is InChI=1S/C52H68F3N3O11/c1-14-43-52(10)47(57(50(61)69-52)37-18-15-34(53)23-28(37)3)31(6)44(59)30(5)26-51(9,64-13)48(32(7)45(33(8)49(60)68-43)65-40-19-16-35(54)24-29(40)4)67-42-22-27(2)21-39(56(11)12)46(42)66-41-20-17-36(55)25-38(41)58(62)63/h15-20,23-25,27,30-33,39,42-43,45-48H,14,21-22,26H2,1-13H3/t27-,30-,31+,32+,33-,39+,42-,43-,45+,46-,47-,48-,51+,52-/m1/s1. The number of halogens is 3. The summed E-state index contributed by atoms with van der Waals surface area (Å²) < 4.78 is 83.6. The Labute approximate surface area is 403 Å². The highest BCUT2D eigenvalue weighted by Gasteiger charge is 2.61. The van der Waals surface area contributed by atoms with Crippen molar-refractivity contribution in [2.45, 2.75) is 149 Å². The number of ketones is 1. The number of ether oxygens (including phenoxy) is 6. The molecule has 1 saturated carbocycles. The van der Waals surface area contributed by atoms with E-state index in [1.807, 2.05) is 32.8 Å². The van der Waals surface area contributed by atoms with Crippen molar-refractivity contribution in [3.63, 3.8) is 0 Å². The van der Waals surface area contributed by atoms with Crippen LogP contribution in [-0.4, -0.2) is 103 Å². The predicted molar refractivity (Wildman–Crippen MR) is 252 cm³/mol. The van der Waals surface area contributed by atoms with E-state index < -0.39 is 112 Å². The van der Waals surface area contributed by atoms with Crippen molar-refractivity contribution in [3.8, 4) is 11.5 Å². The van der Waals surface area contributed by atoms with Crippen LogP contribution in [0.2, 0.25) is 0 Å². The maximum absolute atomic E-state index is 15.2. The van der Waals surface area contributed by atoms with Crippen molar-refractivity contribution in [2.75, 3.05) is 26.1 Å². The average Bonchev–Trinajstić information content (AvgIpc) is 3.55. The number of methoxy groups -OCH3 is 1. The van der Waals surface area contributed by atoms with Crippen LogP contribution in [0.1, 0.15) is 92.2 Å². The number of benzene rings is 3. The number of esters is 1. The summed E-state index contributed by atoms with van der Waals surface area (Å²) in [6.45, 7) is 17.6.